The molecule has 2 unspecified atom stereocenters. The van der Waals surface area contributed by atoms with E-state index in [1.807, 2.05) is 6.07 Å². The Balaban J connectivity index is 1.79. The van der Waals surface area contributed by atoms with Crippen LogP contribution in [0.4, 0.5) is 0 Å². The second-order valence-corrected chi connectivity index (χ2v) is 6.13. The van der Waals surface area contributed by atoms with Crippen molar-refractivity contribution in [2.45, 2.75) is 38.5 Å². The van der Waals surface area contributed by atoms with Gasteiger partial charge in [-0.3, -0.25) is 0 Å². The molecule has 1 aromatic carbocycles. The second kappa shape index (κ2) is 5.33. The summed E-state index contributed by atoms with van der Waals surface area (Å²) in [6.45, 7) is 5.21. The van der Waals surface area contributed by atoms with E-state index in [1.54, 1.807) is 11.3 Å². The molecule has 1 aromatic heterocycles. The van der Waals surface area contributed by atoms with E-state index in [4.69, 9.17) is 9.72 Å². The van der Waals surface area contributed by atoms with Crippen LogP contribution in [0.25, 0.3) is 0 Å². The molecule has 2 heterocycles. The topological polar surface area (TPSA) is 22.1 Å². The largest absolute Gasteiger partial charge is 0.493 e. The molecule has 1 aliphatic rings. The standard InChI is InChI=1S/C16H19NOS/c1-3-11(2)14-10-19-16(17-14)13-8-12-6-4-5-7-15(12)18-9-13/h4-7,10-11,13H,3,8-9H2,1-2H3. The van der Waals surface area contributed by atoms with Crippen molar-refractivity contribution >= 4 is 11.3 Å². The van der Waals surface area contributed by atoms with Gasteiger partial charge in [-0.2, -0.15) is 0 Å². The first-order valence-electron chi connectivity index (χ1n) is 6.94. The maximum absolute atomic E-state index is 5.85. The van der Waals surface area contributed by atoms with E-state index in [9.17, 15) is 0 Å². The number of ether oxygens (including phenoxy) is 1. The quantitative estimate of drug-likeness (QED) is 0.828. The zero-order valence-electron chi connectivity index (χ0n) is 11.4. The summed E-state index contributed by atoms with van der Waals surface area (Å²) in [6.07, 6.45) is 2.19. The predicted octanol–water partition coefficient (Wildman–Crippen LogP) is 4.38. The maximum atomic E-state index is 5.85. The Labute approximate surface area is 118 Å². The molecular weight excluding hydrogens is 254 g/mol. The Morgan fingerprint density at radius 1 is 1.42 bits per heavy atom. The lowest BCUT2D eigenvalue weighted by atomic mass is 9.97. The summed E-state index contributed by atoms with van der Waals surface area (Å²) in [5, 5.41) is 3.44. The van der Waals surface area contributed by atoms with Gasteiger partial charge in [-0.1, -0.05) is 32.0 Å². The van der Waals surface area contributed by atoms with Crippen molar-refractivity contribution in [1.29, 1.82) is 0 Å². The van der Waals surface area contributed by atoms with Gasteiger partial charge in [-0.25, -0.2) is 4.98 Å². The highest BCUT2D eigenvalue weighted by Gasteiger charge is 2.24. The third-order valence-electron chi connectivity index (χ3n) is 3.89. The summed E-state index contributed by atoms with van der Waals surface area (Å²) in [5.74, 6) is 2.01. The number of hydrogen-bond acceptors (Lipinski definition) is 3. The molecule has 0 N–H and O–H groups in total. The average Bonchev–Trinajstić information content (AvgIpc) is 2.95. The van der Waals surface area contributed by atoms with Gasteiger partial charge in [0.05, 0.1) is 17.3 Å². The average molecular weight is 273 g/mol. The number of para-hydroxylation sites is 1. The molecule has 2 nitrogen and oxygen atoms in total. The Kier molecular flexibility index (Phi) is 3.56. The van der Waals surface area contributed by atoms with Gasteiger partial charge in [-0.15, -0.1) is 11.3 Å². The zero-order valence-corrected chi connectivity index (χ0v) is 12.2. The van der Waals surface area contributed by atoms with Gasteiger partial charge in [0.1, 0.15) is 5.75 Å². The van der Waals surface area contributed by atoms with E-state index in [-0.39, 0.29) is 0 Å². The summed E-state index contributed by atoms with van der Waals surface area (Å²) >= 11 is 1.78. The Hall–Kier alpha value is -1.35. The number of benzene rings is 1. The molecule has 0 spiro atoms. The monoisotopic (exact) mass is 273 g/mol. The van der Waals surface area contributed by atoms with E-state index < -0.39 is 0 Å². The van der Waals surface area contributed by atoms with Gasteiger partial charge in [0.15, 0.2) is 0 Å². The fourth-order valence-corrected chi connectivity index (χ4v) is 3.44. The van der Waals surface area contributed by atoms with Crippen LogP contribution < -0.4 is 4.74 Å². The summed E-state index contributed by atoms with van der Waals surface area (Å²) in [5.41, 5.74) is 2.54. The predicted molar refractivity (Wildman–Crippen MR) is 79.2 cm³/mol. The van der Waals surface area contributed by atoms with Crippen molar-refractivity contribution in [2.75, 3.05) is 6.61 Å². The first-order chi connectivity index (χ1) is 9.28. The number of thiazole rings is 1. The van der Waals surface area contributed by atoms with Crippen molar-refractivity contribution in [1.82, 2.24) is 4.98 Å². The lowest BCUT2D eigenvalue weighted by Gasteiger charge is -2.23. The molecule has 0 saturated heterocycles. The highest BCUT2D eigenvalue weighted by Crippen LogP contribution is 2.34. The van der Waals surface area contributed by atoms with Gasteiger partial charge in [0.25, 0.3) is 0 Å². The first-order valence-corrected chi connectivity index (χ1v) is 7.82. The molecule has 2 aromatic rings. The van der Waals surface area contributed by atoms with Crippen LogP contribution in [0.5, 0.6) is 5.75 Å². The van der Waals surface area contributed by atoms with Crippen LogP contribution in [0.3, 0.4) is 0 Å². The van der Waals surface area contributed by atoms with Crippen molar-refractivity contribution < 1.29 is 4.74 Å². The normalized spacial score (nSPS) is 19.6. The third-order valence-corrected chi connectivity index (χ3v) is 4.91. The van der Waals surface area contributed by atoms with Crippen LogP contribution in [0.1, 0.15) is 48.4 Å². The van der Waals surface area contributed by atoms with E-state index in [2.05, 4.69) is 37.4 Å². The minimum Gasteiger partial charge on any atom is -0.493 e. The van der Waals surface area contributed by atoms with Crippen LogP contribution >= 0.6 is 11.3 Å². The van der Waals surface area contributed by atoms with Crippen LogP contribution in [-0.4, -0.2) is 11.6 Å². The maximum Gasteiger partial charge on any atom is 0.122 e. The zero-order chi connectivity index (χ0) is 13.2. The van der Waals surface area contributed by atoms with E-state index in [0.717, 1.165) is 25.2 Å². The van der Waals surface area contributed by atoms with Gasteiger partial charge >= 0.3 is 0 Å². The van der Waals surface area contributed by atoms with Gasteiger partial charge < -0.3 is 4.74 Å². The van der Waals surface area contributed by atoms with Crippen LogP contribution in [0, 0.1) is 0 Å². The fraction of sp³-hybridized carbons (Fsp3) is 0.438. The van der Waals surface area contributed by atoms with Crippen LogP contribution in [-0.2, 0) is 6.42 Å². The van der Waals surface area contributed by atoms with Crippen molar-refractivity contribution in [3.05, 3.63) is 45.9 Å². The molecule has 0 radical (unpaired) electrons. The van der Waals surface area contributed by atoms with Crippen molar-refractivity contribution in [2.24, 2.45) is 0 Å². The highest BCUT2D eigenvalue weighted by atomic mass is 32.1. The molecule has 0 bridgehead atoms. The number of hydrogen-bond donors (Lipinski definition) is 0. The molecular formula is C16H19NOS. The van der Waals surface area contributed by atoms with Crippen molar-refractivity contribution in [3.63, 3.8) is 0 Å². The summed E-state index contributed by atoms with van der Waals surface area (Å²) in [6, 6.07) is 8.32. The highest BCUT2D eigenvalue weighted by molar-refractivity contribution is 7.09. The molecule has 0 amide bonds. The number of aromatic nitrogens is 1. The summed E-state index contributed by atoms with van der Waals surface area (Å²) in [7, 11) is 0. The molecule has 1 aliphatic heterocycles. The number of nitrogens with zero attached hydrogens (tertiary/aromatic N) is 1. The fourth-order valence-electron chi connectivity index (χ4n) is 2.41. The lowest BCUT2D eigenvalue weighted by molar-refractivity contribution is 0.262. The van der Waals surface area contributed by atoms with E-state index >= 15 is 0 Å². The molecule has 0 aliphatic carbocycles. The number of rotatable bonds is 3. The minimum atomic E-state index is 0.415. The molecule has 2 atom stereocenters. The number of fused-ring (bicyclic) bond motifs is 1. The third kappa shape index (κ3) is 2.52. The lowest BCUT2D eigenvalue weighted by Crippen LogP contribution is -2.19. The molecule has 19 heavy (non-hydrogen) atoms. The van der Waals surface area contributed by atoms with Gasteiger partial charge in [0, 0.05) is 11.3 Å². The van der Waals surface area contributed by atoms with Crippen molar-refractivity contribution in [3.8, 4) is 5.75 Å². The Morgan fingerprint density at radius 2 is 2.26 bits per heavy atom. The molecule has 3 heteroatoms. The summed E-state index contributed by atoms with van der Waals surface area (Å²) < 4.78 is 5.85. The Morgan fingerprint density at radius 3 is 3.11 bits per heavy atom. The van der Waals surface area contributed by atoms with E-state index in [1.165, 1.54) is 16.3 Å². The second-order valence-electron chi connectivity index (χ2n) is 5.24. The van der Waals surface area contributed by atoms with Gasteiger partial charge in [0.2, 0.25) is 0 Å². The molecule has 0 fully saturated rings. The van der Waals surface area contributed by atoms with Crippen LogP contribution in [0.15, 0.2) is 29.6 Å². The Bertz CT molecular complexity index is 563. The van der Waals surface area contributed by atoms with Gasteiger partial charge in [-0.05, 0) is 30.4 Å². The van der Waals surface area contributed by atoms with Crippen LogP contribution in [0.2, 0.25) is 0 Å². The molecule has 0 saturated carbocycles. The van der Waals surface area contributed by atoms with E-state index in [0.29, 0.717) is 11.8 Å². The SMILES string of the molecule is CCC(C)c1csc(C2COc3ccccc3C2)n1. The smallest absolute Gasteiger partial charge is 0.122 e. The first kappa shape index (κ1) is 12.7. The molecule has 3 rings (SSSR count). The molecule has 100 valence electrons. The minimum absolute atomic E-state index is 0.415. The summed E-state index contributed by atoms with van der Waals surface area (Å²) in [4.78, 5) is 4.82.